The molecule has 2 aromatic rings. The molecule has 1 amide bonds. The van der Waals surface area contributed by atoms with Crippen molar-refractivity contribution in [2.24, 2.45) is 0 Å². The normalized spacial score (nSPS) is 11.0. The van der Waals surface area contributed by atoms with Gasteiger partial charge in [-0.1, -0.05) is 12.1 Å². The number of halogens is 1. The van der Waals surface area contributed by atoms with Crippen LogP contribution in [0.1, 0.15) is 13.3 Å². The van der Waals surface area contributed by atoms with E-state index in [-0.39, 0.29) is 24.6 Å². The van der Waals surface area contributed by atoms with Gasteiger partial charge in [0.05, 0.1) is 18.6 Å². The number of nitrogens with one attached hydrogen (secondary N) is 1. The Hall–Kier alpha value is -2.61. The first-order valence-corrected chi connectivity index (χ1v) is 9.91. The van der Waals surface area contributed by atoms with Gasteiger partial charge in [0.25, 0.3) is 0 Å². The summed E-state index contributed by atoms with van der Waals surface area (Å²) in [5.74, 6) is -0.350. The molecule has 0 fully saturated rings. The average molecular weight is 380 g/mol. The van der Waals surface area contributed by atoms with Crippen LogP contribution in [0, 0.1) is 5.82 Å². The molecular weight excluding hydrogens is 359 g/mol. The van der Waals surface area contributed by atoms with Gasteiger partial charge in [-0.05, 0) is 43.3 Å². The van der Waals surface area contributed by atoms with Gasteiger partial charge in [0, 0.05) is 18.7 Å². The maximum Gasteiger partial charge on any atom is 0.232 e. The molecule has 0 aliphatic heterocycles. The lowest BCUT2D eigenvalue weighted by Gasteiger charge is -2.22. The zero-order valence-corrected chi connectivity index (χ0v) is 15.4. The topological polar surface area (TPSA) is 75.7 Å². The van der Waals surface area contributed by atoms with Gasteiger partial charge in [0.2, 0.25) is 15.9 Å². The Morgan fingerprint density at radius 3 is 2.38 bits per heavy atom. The van der Waals surface area contributed by atoms with Gasteiger partial charge >= 0.3 is 0 Å². The molecule has 140 valence electrons. The van der Waals surface area contributed by atoms with Crippen molar-refractivity contribution in [2.45, 2.75) is 13.3 Å². The summed E-state index contributed by atoms with van der Waals surface area (Å²) < 4.78 is 44.1. The second-order valence-electron chi connectivity index (χ2n) is 5.54. The van der Waals surface area contributed by atoms with E-state index in [0.717, 1.165) is 10.6 Å². The Morgan fingerprint density at radius 1 is 1.15 bits per heavy atom. The second kappa shape index (κ2) is 8.66. The molecule has 1 N–H and O–H groups in total. The highest BCUT2D eigenvalue weighted by atomic mass is 32.2. The summed E-state index contributed by atoms with van der Waals surface area (Å²) in [4.78, 5) is 12.1. The molecule has 6 nitrogen and oxygen atoms in total. The predicted molar refractivity (Wildman–Crippen MR) is 99.4 cm³/mol. The van der Waals surface area contributed by atoms with Crippen LogP contribution < -0.4 is 14.4 Å². The lowest BCUT2D eigenvalue weighted by atomic mass is 10.2. The summed E-state index contributed by atoms with van der Waals surface area (Å²) in [5, 5.41) is 2.67. The van der Waals surface area contributed by atoms with Gasteiger partial charge < -0.3 is 10.1 Å². The van der Waals surface area contributed by atoms with Crippen LogP contribution in [-0.4, -0.2) is 33.7 Å². The van der Waals surface area contributed by atoms with Crippen LogP contribution in [0.2, 0.25) is 0 Å². The molecule has 0 saturated carbocycles. The van der Waals surface area contributed by atoms with Crippen molar-refractivity contribution < 1.29 is 22.3 Å². The number of ether oxygens (including phenoxy) is 1. The summed E-state index contributed by atoms with van der Waals surface area (Å²) in [6, 6.07) is 12.4. The zero-order valence-electron chi connectivity index (χ0n) is 14.6. The number of amides is 1. The summed E-state index contributed by atoms with van der Waals surface area (Å²) in [7, 11) is -3.72. The highest BCUT2D eigenvalue weighted by Crippen LogP contribution is 2.22. The number of carbonyl (C=O) groups excluding carboxylic acids is 1. The minimum atomic E-state index is -3.72. The third-order valence-electron chi connectivity index (χ3n) is 3.51. The Bertz CT molecular complexity index is 854. The second-order valence-corrected chi connectivity index (χ2v) is 7.45. The maximum atomic E-state index is 13.9. The Balaban J connectivity index is 2.02. The summed E-state index contributed by atoms with van der Waals surface area (Å²) >= 11 is 0. The van der Waals surface area contributed by atoms with Crippen LogP contribution in [0.15, 0.2) is 48.5 Å². The molecule has 0 aliphatic rings. The number of benzene rings is 2. The summed E-state index contributed by atoms with van der Waals surface area (Å²) in [5.41, 5.74) is 0.485. The fourth-order valence-electron chi connectivity index (χ4n) is 2.35. The van der Waals surface area contributed by atoms with E-state index in [1.807, 2.05) is 6.92 Å². The molecule has 0 aliphatic carbocycles. The monoisotopic (exact) mass is 380 g/mol. The highest BCUT2D eigenvalue weighted by molar-refractivity contribution is 7.92. The minimum Gasteiger partial charge on any atom is -0.494 e. The van der Waals surface area contributed by atoms with E-state index in [1.54, 1.807) is 24.3 Å². The van der Waals surface area contributed by atoms with Gasteiger partial charge in [-0.15, -0.1) is 0 Å². The van der Waals surface area contributed by atoms with Gasteiger partial charge in [-0.25, -0.2) is 12.8 Å². The van der Waals surface area contributed by atoms with Crippen LogP contribution in [-0.2, 0) is 14.8 Å². The van der Waals surface area contributed by atoms with E-state index in [0.29, 0.717) is 18.0 Å². The van der Waals surface area contributed by atoms with Crippen molar-refractivity contribution in [3.8, 4) is 5.75 Å². The number of nitrogens with zero attached hydrogens (tertiary/aromatic N) is 1. The number of carbonyl (C=O) groups is 1. The van der Waals surface area contributed by atoms with Crippen LogP contribution >= 0.6 is 0 Å². The van der Waals surface area contributed by atoms with Gasteiger partial charge in [0.1, 0.15) is 11.6 Å². The molecule has 2 aromatic carbocycles. The maximum absolute atomic E-state index is 13.9. The Kier molecular flexibility index (Phi) is 6.57. The Labute approximate surface area is 152 Å². The molecule has 0 heterocycles. The van der Waals surface area contributed by atoms with Crippen molar-refractivity contribution in [1.82, 2.24) is 0 Å². The van der Waals surface area contributed by atoms with Crippen LogP contribution in [0.4, 0.5) is 15.8 Å². The third-order valence-corrected chi connectivity index (χ3v) is 4.69. The average Bonchev–Trinajstić information content (AvgIpc) is 2.57. The summed E-state index contributed by atoms with van der Waals surface area (Å²) in [6.45, 7) is 2.25. The van der Waals surface area contributed by atoms with Crippen molar-refractivity contribution in [3.05, 3.63) is 54.3 Å². The quantitative estimate of drug-likeness (QED) is 0.764. The van der Waals surface area contributed by atoms with Gasteiger partial charge in [-0.2, -0.15) is 0 Å². The van der Waals surface area contributed by atoms with Crippen molar-refractivity contribution in [1.29, 1.82) is 0 Å². The fraction of sp³-hybridized carbons (Fsp3) is 0.278. The molecule has 26 heavy (non-hydrogen) atoms. The van der Waals surface area contributed by atoms with Crippen LogP contribution in [0.25, 0.3) is 0 Å². The minimum absolute atomic E-state index is 0.0798. The van der Waals surface area contributed by atoms with Crippen molar-refractivity contribution in [2.75, 3.05) is 29.0 Å². The standard InChI is InChI=1S/C18H21FN2O4S/c1-3-25-15-10-8-14(9-11-15)20-18(22)12-13-21(26(2,23)24)17-7-5-4-6-16(17)19/h4-11H,3,12-13H2,1-2H3,(H,20,22). The zero-order chi connectivity index (χ0) is 19.2. The van der Waals surface area contributed by atoms with Crippen molar-refractivity contribution >= 4 is 27.3 Å². The number of sulfonamides is 1. The van der Waals surface area contributed by atoms with E-state index in [2.05, 4.69) is 5.32 Å². The summed E-state index contributed by atoms with van der Waals surface area (Å²) in [6.07, 6.45) is 0.860. The van der Waals surface area contributed by atoms with E-state index in [1.165, 1.54) is 24.3 Å². The predicted octanol–water partition coefficient (Wildman–Crippen LogP) is 3.02. The molecule has 0 spiro atoms. The molecular formula is C18H21FN2O4S. The molecule has 0 aromatic heterocycles. The number of hydrogen-bond donors (Lipinski definition) is 1. The lowest BCUT2D eigenvalue weighted by molar-refractivity contribution is -0.116. The largest absolute Gasteiger partial charge is 0.494 e. The first-order chi connectivity index (χ1) is 12.3. The van der Waals surface area contributed by atoms with Gasteiger partial charge in [0.15, 0.2) is 0 Å². The molecule has 0 atom stereocenters. The van der Waals surface area contributed by atoms with E-state index in [4.69, 9.17) is 4.74 Å². The number of para-hydroxylation sites is 1. The van der Waals surface area contributed by atoms with E-state index >= 15 is 0 Å². The van der Waals surface area contributed by atoms with E-state index < -0.39 is 15.8 Å². The smallest absolute Gasteiger partial charge is 0.232 e. The first-order valence-electron chi connectivity index (χ1n) is 8.06. The van der Waals surface area contributed by atoms with Gasteiger partial charge in [-0.3, -0.25) is 9.10 Å². The fourth-order valence-corrected chi connectivity index (χ4v) is 3.27. The molecule has 0 radical (unpaired) electrons. The molecule has 0 unspecified atom stereocenters. The molecule has 0 saturated heterocycles. The SMILES string of the molecule is CCOc1ccc(NC(=O)CCN(c2ccccc2F)S(C)(=O)=O)cc1. The van der Waals surface area contributed by atoms with E-state index in [9.17, 15) is 17.6 Å². The molecule has 0 bridgehead atoms. The van der Waals surface area contributed by atoms with Crippen LogP contribution in [0.3, 0.4) is 0 Å². The molecule has 8 heteroatoms. The Morgan fingerprint density at radius 2 is 1.81 bits per heavy atom. The molecule has 2 rings (SSSR count). The van der Waals surface area contributed by atoms with Crippen molar-refractivity contribution in [3.63, 3.8) is 0 Å². The first kappa shape index (κ1) is 19.7. The third kappa shape index (κ3) is 5.45. The number of rotatable bonds is 8. The number of anilines is 2. The lowest BCUT2D eigenvalue weighted by Crippen LogP contribution is -2.33. The number of hydrogen-bond acceptors (Lipinski definition) is 4. The van der Waals surface area contributed by atoms with Crippen LogP contribution in [0.5, 0.6) is 5.75 Å². The highest BCUT2D eigenvalue weighted by Gasteiger charge is 2.21.